The lowest BCUT2D eigenvalue weighted by Crippen LogP contribution is -2.40. The molecule has 1 aromatic carbocycles. The highest BCUT2D eigenvalue weighted by Gasteiger charge is 2.20. The summed E-state index contributed by atoms with van der Waals surface area (Å²) in [7, 11) is 0. The van der Waals surface area contributed by atoms with Crippen molar-refractivity contribution in [3.05, 3.63) is 33.9 Å². The average molecular weight is 267 g/mol. The third kappa shape index (κ3) is 3.18. The number of ether oxygens (including phenoxy) is 1. The van der Waals surface area contributed by atoms with E-state index in [1.165, 1.54) is 18.2 Å². The van der Waals surface area contributed by atoms with Gasteiger partial charge in [0.2, 0.25) is 0 Å². The Morgan fingerprint density at radius 3 is 2.68 bits per heavy atom. The third-order valence-electron chi connectivity index (χ3n) is 2.72. The summed E-state index contributed by atoms with van der Waals surface area (Å²) < 4.78 is 5.18. The molecule has 0 bridgehead atoms. The highest BCUT2D eigenvalue weighted by molar-refractivity contribution is 5.93. The van der Waals surface area contributed by atoms with Crippen LogP contribution in [0.3, 0.4) is 0 Å². The van der Waals surface area contributed by atoms with Gasteiger partial charge in [-0.15, -0.1) is 0 Å². The van der Waals surface area contributed by atoms with Gasteiger partial charge < -0.3 is 15.3 Å². The molecule has 1 aliphatic heterocycles. The number of hydrogen-bond acceptors (Lipinski definition) is 6. The number of aromatic carboxylic acids is 1. The number of nitrogens with one attached hydrogen (secondary N) is 1. The molecule has 1 saturated heterocycles. The molecule has 2 N–H and O–H groups in total. The second kappa shape index (κ2) is 5.63. The van der Waals surface area contributed by atoms with Crippen molar-refractivity contribution in [3.8, 4) is 0 Å². The molecular formula is C11H13N3O5. The summed E-state index contributed by atoms with van der Waals surface area (Å²) in [4.78, 5) is 21.0. The van der Waals surface area contributed by atoms with E-state index in [9.17, 15) is 14.9 Å². The average Bonchev–Trinajstić information content (AvgIpc) is 2.39. The van der Waals surface area contributed by atoms with Gasteiger partial charge in [0, 0.05) is 19.2 Å². The van der Waals surface area contributed by atoms with Gasteiger partial charge in [0.15, 0.2) is 0 Å². The van der Waals surface area contributed by atoms with E-state index in [1.807, 2.05) is 5.01 Å². The van der Waals surface area contributed by atoms with Crippen molar-refractivity contribution >= 4 is 17.3 Å². The summed E-state index contributed by atoms with van der Waals surface area (Å²) in [6, 6.07) is 3.93. The van der Waals surface area contributed by atoms with E-state index in [-0.39, 0.29) is 5.56 Å². The molecule has 0 unspecified atom stereocenters. The molecule has 0 amide bonds. The number of nitro benzene ring substituents is 1. The first kappa shape index (κ1) is 13.2. The number of hydrogen-bond donors (Lipinski definition) is 2. The molecule has 1 fully saturated rings. The van der Waals surface area contributed by atoms with Gasteiger partial charge in [0.25, 0.3) is 5.69 Å². The van der Waals surface area contributed by atoms with Crippen molar-refractivity contribution in [1.29, 1.82) is 0 Å². The molecule has 1 heterocycles. The van der Waals surface area contributed by atoms with Crippen LogP contribution >= 0.6 is 0 Å². The Labute approximate surface area is 108 Å². The smallest absolute Gasteiger partial charge is 0.342 e. The SMILES string of the molecule is O=C(O)c1cc(NN2CCOCC2)ccc1[N+](=O)[O-]. The van der Waals surface area contributed by atoms with Crippen LogP contribution in [-0.4, -0.2) is 47.3 Å². The van der Waals surface area contributed by atoms with E-state index in [0.717, 1.165) is 0 Å². The lowest BCUT2D eigenvalue weighted by molar-refractivity contribution is -0.385. The normalized spacial score (nSPS) is 16.0. The maximum Gasteiger partial charge on any atom is 0.342 e. The summed E-state index contributed by atoms with van der Waals surface area (Å²) in [5.41, 5.74) is 2.77. The van der Waals surface area contributed by atoms with E-state index in [1.54, 1.807) is 0 Å². The van der Waals surface area contributed by atoms with Gasteiger partial charge in [0.05, 0.1) is 23.8 Å². The Bertz CT molecular complexity index is 499. The number of nitrogens with zero attached hydrogens (tertiary/aromatic N) is 2. The monoisotopic (exact) mass is 267 g/mol. The summed E-state index contributed by atoms with van der Waals surface area (Å²) in [6.07, 6.45) is 0. The highest BCUT2D eigenvalue weighted by Crippen LogP contribution is 2.23. The second-order valence-electron chi connectivity index (χ2n) is 4.01. The molecule has 0 spiro atoms. The molecule has 102 valence electrons. The number of carboxylic acids is 1. The van der Waals surface area contributed by atoms with Crippen molar-refractivity contribution in [1.82, 2.24) is 5.01 Å². The van der Waals surface area contributed by atoms with Gasteiger partial charge in [-0.05, 0) is 12.1 Å². The van der Waals surface area contributed by atoms with Gasteiger partial charge >= 0.3 is 5.97 Å². The van der Waals surface area contributed by atoms with Crippen LogP contribution in [0.1, 0.15) is 10.4 Å². The summed E-state index contributed by atoms with van der Waals surface area (Å²) >= 11 is 0. The molecule has 0 aliphatic carbocycles. The molecular weight excluding hydrogens is 254 g/mol. The second-order valence-corrected chi connectivity index (χ2v) is 4.01. The van der Waals surface area contributed by atoms with E-state index in [4.69, 9.17) is 9.84 Å². The molecule has 8 heteroatoms. The fraction of sp³-hybridized carbons (Fsp3) is 0.364. The van der Waals surface area contributed by atoms with Crippen LogP contribution < -0.4 is 5.43 Å². The highest BCUT2D eigenvalue weighted by atomic mass is 16.6. The number of carboxylic acid groups (broad SMARTS) is 1. The van der Waals surface area contributed by atoms with Gasteiger partial charge in [-0.2, -0.15) is 0 Å². The van der Waals surface area contributed by atoms with Crippen LogP contribution in [0.15, 0.2) is 18.2 Å². The topological polar surface area (TPSA) is 105 Å². The zero-order valence-corrected chi connectivity index (χ0v) is 10.0. The van der Waals surface area contributed by atoms with E-state index in [0.29, 0.717) is 32.0 Å². The summed E-state index contributed by atoms with van der Waals surface area (Å²) in [5, 5.41) is 21.6. The van der Waals surface area contributed by atoms with E-state index >= 15 is 0 Å². The van der Waals surface area contributed by atoms with Crippen LogP contribution in [0.5, 0.6) is 0 Å². The van der Waals surface area contributed by atoms with Gasteiger partial charge in [-0.1, -0.05) is 0 Å². The van der Waals surface area contributed by atoms with Crippen molar-refractivity contribution in [2.75, 3.05) is 31.7 Å². The standard InChI is InChI=1S/C11H13N3O5/c15-11(16)9-7-8(1-2-10(9)14(17)18)12-13-3-5-19-6-4-13/h1-2,7,12H,3-6H2,(H,15,16). The summed E-state index contributed by atoms with van der Waals surface area (Å²) in [5.74, 6) is -1.32. The van der Waals surface area contributed by atoms with Crippen LogP contribution in [0.2, 0.25) is 0 Å². The van der Waals surface area contributed by atoms with E-state index < -0.39 is 16.6 Å². The van der Waals surface area contributed by atoms with Crippen LogP contribution in [-0.2, 0) is 4.74 Å². The lowest BCUT2D eigenvalue weighted by atomic mass is 10.1. The zero-order chi connectivity index (χ0) is 13.8. The molecule has 1 aromatic rings. The van der Waals surface area contributed by atoms with Crippen molar-refractivity contribution in [2.24, 2.45) is 0 Å². The predicted molar refractivity (Wildman–Crippen MR) is 66.1 cm³/mol. The molecule has 0 aromatic heterocycles. The van der Waals surface area contributed by atoms with Gasteiger partial charge in [-0.25, -0.2) is 9.80 Å². The van der Waals surface area contributed by atoms with Crippen molar-refractivity contribution < 1.29 is 19.6 Å². The lowest BCUT2D eigenvalue weighted by Gasteiger charge is -2.27. The Morgan fingerprint density at radius 2 is 2.11 bits per heavy atom. The van der Waals surface area contributed by atoms with E-state index in [2.05, 4.69) is 5.43 Å². The maximum atomic E-state index is 11.0. The maximum absolute atomic E-state index is 11.0. The molecule has 2 rings (SSSR count). The molecule has 8 nitrogen and oxygen atoms in total. The Hall–Kier alpha value is -2.19. The predicted octanol–water partition coefficient (Wildman–Crippen LogP) is 0.952. The molecule has 0 saturated carbocycles. The number of nitro groups is 1. The minimum atomic E-state index is -1.32. The Kier molecular flexibility index (Phi) is 3.93. The largest absolute Gasteiger partial charge is 0.477 e. The zero-order valence-electron chi connectivity index (χ0n) is 10.0. The Balaban J connectivity index is 2.20. The molecule has 0 atom stereocenters. The first-order valence-corrected chi connectivity index (χ1v) is 5.69. The van der Waals surface area contributed by atoms with Crippen LogP contribution in [0, 0.1) is 10.1 Å². The van der Waals surface area contributed by atoms with Crippen LogP contribution in [0.25, 0.3) is 0 Å². The quantitative estimate of drug-likeness (QED) is 0.618. The fourth-order valence-corrected chi connectivity index (χ4v) is 1.79. The molecule has 1 aliphatic rings. The number of hydrazine groups is 1. The number of anilines is 1. The minimum Gasteiger partial charge on any atom is -0.477 e. The Morgan fingerprint density at radius 1 is 1.42 bits per heavy atom. The van der Waals surface area contributed by atoms with Gasteiger partial charge in [0.1, 0.15) is 5.56 Å². The number of rotatable bonds is 4. The summed E-state index contributed by atoms with van der Waals surface area (Å²) in [6.45, 7) is 2.51. The number of morpholine rings is 1. The minimum absolute atomic E-state index is 0.330. The van der Waals surface area contributed by atoms with Gasteiger partial charge in [-0.3, -0.25) is 10.1 Å². The number of benzene rings is 1. The molecule has 0 radical (unpaired) electrons. The fourth-order valence-electron chi connectivity index (χ4n) is 1.79. The first-order chi connectivity index (χ1) is 9.08. The van der Waals surface area contributed by atoms with Crippen LogP contribution in [0.4, 0.5) is 11.4 Å². The van der Waals surface area contributed by atoms with Crippen molar-refractivity contribution in [2.45, 2.75) is 0 Å². The third-order valence-corrected chi connectivity index (χ3v) is 2.72. The first-order valence-electron chi connectivity index (χ1n) is 5.69. The molecule has 19 heavy (non-hydrogen) atoms. The number of carbonyl (C=O) groups is 1. The van der Waals surface area contributed by atoms with Crippen molar-refractivity contribution in [3.63, 3.8) is 0 Å².